The molecule has 0 radical (unpaired) electrons. The third-order valence-electron chi connectivity index (χ3n) is 1.75. The molecule has 0 aliphatic heterocycles. The Morgan fingerprint density at radius 2 is 2.07 bits per heavy atom. The van der Waals surface area contributed by atoms with Crippen molar-refractivity contribution in [2.24, 2.45) is 0 Å². The second-order valence-corrected chi connectivity index (χ2v) is 2.61. The minimum absolute atomic E-state index is 0.448. The maximum absolute atomic E-state index is 13.1. The Morgan fingerprint density at radius 1 is 1.50 bits per heavy atom. The minimum atomic E-state index is -1.52. The fraction of sp³-hybridized carbons (Fsp3) is 0.111. The summed E-state index contributed by atoms with van der Waals surface area (Å²) >= 11 is 0. The number of carboxylic acids is 1. The van der Waals surface area contributed by atoms with Gasteiger partial charge in [-0.15, -0.1) is 0 Å². The Bertz CT molecular complexity index is 449. The van der Waals surface area contributed by atoms with Crippen LogP contribution in [0, 0.1) is 25.1 Å². The Hall–Kier alpha value is -1.96. The molecular weight excluding hydrogens is 192 g/mol. The minimum Gasteiger partial charge on any atom is -0.478 e. The van der Waals surface area contributed by atoms with E-state index in [1.807, 2.05) is 0 Å². The van der Waals surface area contributed by atoms with Gasteiger partial charge in [-0.3, -0.25) is 0 Å². The molecule has 0 aromatic heterocycles. The van der Waals surface area contributed by atoms with E-state index in [-0.39, 0.29) is 0 Å². The fourth-order valence-electron chi connectivity index (χ4n) is 0.991. The predicted molar refractivity (Wildman–Crippen MR) is 44.3 cm³/mol. The lowest BCUT2D eigenvalue weighted by Gasteiger charge is -2.04. The van der Waals surface area contributed by atoms with Gasteiger partial charge in [-0.2, -0.15) is 0 Å². The lowest BCUT2D eigenvalue weighted by atomic mass is 10.1. The van der Waals surface area contributed by atoms with Crippen molar-refractivity contribution >= 4 is 11.7 Å². The van der Waals surface area contributed by atoms with Gasteiger partial charge in [0.25, 0.3) is 0 Å². The summed E-state index contributed by atoms with van der Waals surface area (Å²) in [6.07, 6.45) is 0. The number of carbonyl (C=O) groups is 1. The summed E-state index contributed by atoms with van der Waals surface area (Å²) in [7, 11) is 0. The van der Waals surface area contributed by atoms with E-state index < -0.39 is 34.4 Å². The molecule has 0 saturated heterocycles. The number of aromatic carboxylic acids is 1. The molecule has 0 amide bonds. The van der Waals surface area contributed by atoms with Gasteiger partial charge in [0.15, 0.2) is 0 Å². The van der Waals surface area contributed by atoms with E-state index in [1.165, 1.54) is 0 Å². The maximum Gasteiger partial charge on any atom is 0.337 e. The molecule has 1 aromatic rings. The first-order valence-corrected chi connectivity index (χ1v) is 3.58. The molecule has 0 heterocycles. The molecule has 14 heavy (non-hydrogen) atoms. The molecule has 0 unspecified atom stereocenters. The highest BCUT2D eigenvalue weighted by molar-refractivity contribution is 5.89. The third kappa shape index (κ3) is 1.42. The zero-order valence-corrected chi connectivity index (χ0v) is 7.14. The summed E-state index contributed by atoms with van der Waals surface area (Å²) in [6.45, 7) is 7.65. The average Bonchev–Trinajstić information content (AvgIpc) is 2.14. The number of carboxylic acid groups (broad SMARTS) is 1. The summed E-state index contributed by atoms with van der Waals surface area (Å²) in [6, 6.07) is 0.688. The smallest absolute Gasteiger partial charge is 0.337 e. The third-order valence-corrected chi connectivity index (χ3v) is 1.75. The molecule has 1 rings (SSSR count). The van der Waals surface area contributed by atoms with Crippen LogP contribution in [-0.4, -0.2) is 11.1 Å². The first-order valence-electron chi connectivity index (χ1n) is 3.58. The molecule has 0 fully saturated rings. The standard InChI is InChI=1S/C9H5F2NO2/c1-4-7(10)5(9(13)14)3-6(12-2)8(4)11/h3H,1H3,(H,13,14). The van der Waals surface area contributed by atoms with Gasteiger partial charge in [-0.1, -0.05) is 0 Å². The Morgan fingerprint density at radius 3 is 2.50 bits per heavy atom. The lowest BCUT2D eigenvalue weighted by molar-refractivity contribution is 0.0691. The number of hydrogen-bond donors (Lipinski definition) is 1. The van der Waals surface area contributed by atoms with E-state index in [2.05, 4.69) is 4.85 Å². The lowest BCUT2D eigenvalue weighted by Crippen LogP contribution is -2.03. The zero-order valence-electron chi connectivity index (χ0n) is 7.14. The van der Waals surface area contributed by atoms with Crippen LogP contribution in [0.3, 0.4) is 0 Å². The molecule has 0 aliphatic carbocycles. The number of rotatable bonds is 1. The van der Waals surface area contributed by atoms with E-state index in [0.29, 0.717) is 6.07 Å². The van der Waals surface area contributed by atoms with Crippen molar-refractivity contribution in [3.05, 3.63) is 40.2 Å². The monoisotopic (exact) mass is 197 g/mol. The molecule has 1 aromatic carbocycles. The SMILES string of the molecule is [C-]#[N+]c1cc(C(=O)O)c(F)c(C)c1F. The van der Waals surface area contributed by atoms with Gasteiger partial charge in [-0.25, -0.2) is 18.4 Å². The number of halogens is 2. The van der Waals surface area contributed by atoms with Gasteiger partial charge >= 0.3 is 5.97 Å². The average molecular weight is 197 g/mol. The van der Waals surface area contributed by atoms with E-state index in [1.54, 1.807) is 0 Å². The first-order chi connectivity index (χ1) is 6.49. The van der Waals surface area contributed by atoms with Gasteiger partial charge in [0, 0.05) is 5.56 Å². The van der Waals surface area contributed by atoms with Crippen molar-refractivity contribution in [2.75, 3.05) is 0 Å². The predicted octanol–water partition coefficient (Wildman–Crippen LogP) is 2.52. The van der Waals surface area contributed by atoms with Gasteiger partial charge in [0.1, 0.15) is 11.6 Å². The van der Waals surface area contributed by atoms with E-state index in [9.17, 15) is 13.6 Å². The van der Waals surface area contributed by atoms with Crippen LogP contribution in [0.25, 0.3) is 4.85 Å². The molecule has 0 spiro atoms. The zero-order chi connectivity index (χ0) is 10.9. The number of benzene rings is 1. The van der Waals surface area contributed by atoms with E-state index >= 15 is 0 Å². The van der Waals surface area contributed by atoms with Crippen LogP contribution in [0.1, 0.15) is 15.9 Å². The van der Waals surface area contributed by atoms with Crippen LogP contribution in [-0.2, 0) is 0 Å². The molecule has 0 bridgehead atoms. The largest absolute Gasteiger partial charge is 0.478 e. The van der Waals surface area contributed by atoms with Crippen LogP contribution >= 0.6 is 0 Å². The number of hydrogen-bond acceptors (Lipinski definition) is 1. The van der Waals surface area contributed by atoms with Crippen molar-refractivity contribution in [3.8, 4) is 0 Å². The van der Waals surface area contributed by atoms with Gasteiger partial charge < -0.3 is 5.11 Å². The van der Waals surface area contributed by atoms with Gasteiger partial charge in [0.2, 0.25) is 5.69 Å². The van der Waals surface area contributed by atoms with Crippen LogP contribution in [0.15, 0.2) is 6.07 Å². The molecule has 0 atom stereocenters. The molecule has 0 aliphatic rings. The highest BCUT2D eigenvalue weighted by atomic mass is 19.1. The van der Waals surface area contributed by atoms with Crippen molar-refractivity contribution in [1.82, 2.24) is 0 Å². The maximum atomic E-state index is 13.1. The summed E-state index contributed by atoms with van der Waals surface area (Å²) < 4.78 is 26.2. The van der Waals surface area contributed by atoms with Gasteiger partial charge in [-0.05, 0) is 13.0 Å². The number of nitrogens with zero attached hydrogens (tertiary/aromatic N) is 1. The molecule has 1 N–H and O–H groups in total. The second kappa shape index (κ2) is 3.42. The van der Waals surface area contributed by atoms with Crippen LogP contribution in [0.5, 0.6) is 0 Å². The highest BCUT2D eigenvalue weighted by Gasteiger charge is 2.19. The van der Waals surface area contributed by atoms with E-state index in [0.717, 1.165) is 6.92 Å². The highest BCUT2D eigenvalue weighted by Crippen LogP contribution is 2.26. The van der Waals surface area contributed by atoms with Crippen molar-refractivity contribution in [2.45, 2.75) is 6.92 Å². The van der Waals surface area contributed by atoms with Crippen molar-refractivity contribution in [3.63, 3.8) is 0 Å². The van der Waals surface area contributed by atoms with Crippen LogP contribution in [0.4, 0.5) is 14.5 Å². The van der Waals surface area contributed by atoms with E-state index in [4.69, 9.17) is 11.7 Å². The second-order valence-electron chi connectivity index (χ2n) is 2.61. The van der Waals surface area contributed by atoms with Gasteiger partial charge in [0.05, 0.1) is 12.1 Å². The van der Waals surface area contributed by atoms with Crippen molar-refractivity contribution < 1.29 is 18.7 Å². The summed E-state index contributed by atoms with van der Waals surface area (Å²) in [5.74, 6) is -3.67. The molecular formula is C9H5F2NO2. The normalized spacial score (nSPS) is 9.57. The molecule has 3 nitrogen and oxygen atoms in total. The summed E-state index contributed by atoms with van der Waals surface area (Å²) in [4.78, 5) is 13.2. The Labute approximate surface area is 78.4 Å². The summed E-state index contributed by atoms with van der Waals surface area (Å²) in [5, 5.41) is 8.54. The van der Waals surface area contributed by atoms with Crippen molar-refractivity contribution in [1.29, 1.82) is 0 Å². The molecule has 0 saturated carbocycles. The molecule has 72 valence electrons. The fourth-order valence-corrected chi connectivity index (χ4v) is 0.991. The summed E-state index contributed by atoms with van der Waals surface area (Å²) in [5.41, 5.74) is -1.62. The first kappa shape index (κ1) is 10.1. The quantitative estimate of drug-likeness (QED) is 0.703. The topological polar surface area (TPSA) is 41.7 Å². The Kier molecular flexibility index (Phi) is 2.47. The van der Waals surface area contributed by atoms with Crippen LogP contribution in [0.2, 0.25) is 0 Å². The molecule has 5 heteroatoms. The van der Waals surface area contributed by atoms with Crippen LogP contribution < -0.4 is 0 Å². The Balaban J connectivity index is 3.59.